The highest BCUT2D eigenvalue weighted by Crippen LogP contribution is 2.32. The van der Waals surface area contributed by atoms with Crippen LogP contribution >= 0.6 is 0 Å². The Morgan fingerprint density at radius 2 is 1.89 bits per heavy atom. The number of nitrogens with one attached hydrogen (secondary N) is 2. The lowest BCUT2D eigenvalue weighted by Crippen LogP contribution is -2.47. The molecule has 0 fully saturated rings. The molecule has 28 heavy (non-hydrogen) atoms. The number of hydrogen-bond acceptors (Lipinski definition) is 5. The van der Waals surface area contributed by atoms with Gasteiger partial charge < -0.3 is 20.6 Å². The third-order valence-electron chi connectivity index (χ3n) is 5.30. The Hall–Kier alpha value is -2.61. The Kier molecular flexibility index (Phi) is 7.39. The molecule has 0 aromatic heterocycles. The molecular weight excluding hydrogens is 360 g/mol. The number of carbonyl (C=O) groups excluding carboxylic acids is 3. The van der Waals surface area contributed by atoms with Gasteiger partial charge in [-0.3, -0.25) is 14.5 Å². The lowest BCUT2D eigenvalue weighted by Gasteiger charge is -2.33. The van der Waals surface area contributed by atoms with E-state index >= 15 is 0 Å². The van der Waals surface area contributed by atoms with Gasteiger partial charge in [-0.2, -0.15) is 0 Å². The zero-order valence-corrected chi connectivity index (χ0v) is 16.9. The molecule has 0 spiro atoms. The fourth-order valence-electron chi connectivity index (χ4n) is 3.56. The van der Waals surface area contributed by atoms with E-state index in [4.69, 9.17) is 0 Å². The van der Waals surface area contributed by atoms with Gasteiger partial charge in [-0.25, -0.2) is 4.79 Å². The first-order valence-corrected chi connectivity index (χ1v) is 9.49. The number of carbonyl (C=O) groups is 3. The summed E-state index contributed by atoms with van der Waals surface area (Å²) in [5, 5.41) is 15.3. The SMILES string of the molecule is CC1=CC(O)=CC(C)C1C[C@@H](CNC(=O)NCCN1C(=O)C=CC1=O)N(C)C. The second-order valence-electron chi connectivity index (χ2n) is 7.60. The summed E-state index contributed by atoms with van der Waals surface area (Å²) in [6.45, 7) is 4.92. The molecule has 0 saturated heterocycles. The highest BCUT2D eigenvalue weighted by atomic mass is 16.3. The van der Waals surface area contributed by atoms with Crippen LogP contribution in [0.1, 0.15) is 20.3 Å². The third kappa shape index (κ3) is 5.69. The van der Waals surface area contributed by atoms with Gasteiger partial charge in [0, 0.05) is 37.8 Å². The first-order chi connectivity index (χ1) is 13.2. The van der Waals surface area contributed by atoms with Gasteiger partial charge in [-0.05, 0) is 51.4 Å². The highest BCUT2D eigenvalue weighted by molar-refractivity contribution is 6.12. The van der Waals surface area contributed by atoms with Crippen molar-refractivity contribution in [2.75, 3.05) is 33.7 Å². The summed E-state index contributed by atoms with van der Waals surface area (Å²) in [4.78, 5) is 38.2. The van der Waals surface area contributed by atoms with Crippen LogP contribution in [0.15, 0.2) is 35.6 Å². The molecule has 1 aliphatic heterocycles. The summed E-state index contributed by atoms with van der Waals surface area (Å²) in [6, 6.07) is -0.207. The van der Waals surface area contributed by atoms with Gasteiger partial charge in [0.15, 0.2) is 0 Å². The number of imide groups is 1. The number of likely N-dealkylation sites (N-methyl/N-ethyl adjacent to an activating group) is 1. The maximum atomic E-state index is 12.1. The summed E-state index contributed by atoms with van der Waals surface area (Å²) >= 11 is 0. The van der Waals surface area contributed by atoms with Crippen LogP contribution in [-0.4, -0.2) is 72.5 Å². The molecule has 0 aromatic rings. The summed E-state index contributed by atoms with van der Waals surface area (Å²) in [7, 11) is 3.95. The average molecular weight is 390 g/mol. The molecule has 1 aliphatic carbocycles. The van der Waals surface area contributed by atoms with Gasteiger partial charge in [0.1, 0.15) is 5.76 Å². The molecular formula is C20H30N4O4. The van der Waals surface area contributed by atoms with Gasteiger partial charge in [0.2, 0.25) is 0 Å². The van der Waals surface area contributed by atoms with E-state index in [1.165, 1.54) is 12.2 Å². The minimum Gasteiger partial charge on any atom is -0.508 e. The molecule has 3 N–H and O–H groups in total. The molecule has 2 rings (SSSR count). The molecule has 154 valence electrons. The van der Waals surface area contributed by atoms with Gasteiger partial charge in [-0.1, -0.05) is 12.5 Å². The van der Waals surface area contributed by atoms with Crippen LogP contribution in [0.25, 0.3) is 0 Å². The van der Waals surface area contributed by atoms with E-state index in [2.05, 4.69) is 22.5 Å². The van der Waals surface area contributed by atoms with Crippen molar-refractivity contribution < 1.29 is 19.5 Å². The number of aliphatic hydroxyl groups is 1. The van der Waals surface area contributed by atoms with E-state index in [-0.39, 0.29) is 42.9 Å². The number of rotatable bonds is 8. The summed E-state index contributed by atoms with van der Waals surface area (Å²) in [5.41, 5.74) is 1.14. The van der Waals surface area contributed by atoms with Crippen molar-refractivity contribution in [2.45, 2.75) is 26.3 Å². The van der Waals surface area contributed by atoms with Crippen LogP contribution in [-0.2, 0) is 9.59 Å². The van der Waals surface area contributed by atoms with E-state index in [1.54, 1.807) is 6.08 Å². The van der Waals surface area contributed by atoms with Crippen LogP contribution in [0.5, 0.6) is 0 Å². The molecule has 8 heteroatoms. The molecule has 4 amide bonds. The molecule has 8 nitrogen and oxygen atoms in total. The lowest BCUT2D eigenvalue weighted by molar-refractivity contribution is -0.136. The van der Waals surface area contributed by atoms with Gasteiger partial charge in [0.05, 0.1) is 0 Å². The smallest absolute Gasteiger partial charge is 0.314 e. The Labute approximate surface area is 165 Å². The van der Waals surface area contributed by atoms with Crippen LogP contribution in [0.2, 0.25) is 0 Å². The zero-order chi connectivity index (χ0) is 20.8. The second kappa shape index (κ2) is 9.54. The van der Waals surface area contributed by atoms with Gasteiger partial charge >= 0.3 is 6.03 Å². The Bertz CT molecular complexity index is 693. The first-order valence-electron chi connectivity index (χ1n) is 9.49. The zero-order valence-electron chi connectivity index (χ0n) is 16.9. The maximum absolute atomic E-state index is 12.1. The fourth-order valence-corrected chi connectivity index (χ4v) is 3.56. The number of nitrogens with zero attached hydrogens (tertiary/aromatic N) is 2. The normalized spacial score (nSPS) is 23.0. The highest BCUT2D eigenvalue weighted by Gasteiger charge is 2.27. The monoisotopic (exact) mass is 390 g/mol. The van der Waals surface area contributed by atoms with Crippen LogP contribution in [0, 0.1) is 11.8 Å². The van der Waals surface area contributed by atoms with Crippen LogP contribution in [0.4, 0.5) is 4.79 Å². The van der Waals surface area contributed by atoms with Crippen molar-refractivity contribution in [1.82, 2.24) is 20.4 Å². The molecule has 3 atom stereocenters. The number of amides is 4. The van der Waals surface area contributed by atoms with E-state index < -0.39 is 0 Å². The summed E-state index contributed by atoms with van der Waals surface area (Å²) in [5.74, 6) is 0.124. The lowest BCUT2D eigenvalue weighted by atomic mass is 9.79. The van der Waals surface area contributed by atoms with Crippen molar-refractivity contribution >= 4 is 17.8 Å². The van der Waals surface area contributed by atoms with Crippen molar-refractivity contribution in [3.63, 3.8) is 0 Å². The Balaban J connectivity index is 1.78. The topological polar surface area (TPSA) is 102 Å². The van der Waals surface area contributed by atoms with E-state index in [0.29, 0.717) is 18.2 Å². The molecule has 0 saturated carbocycles. The van der Waals surface area contributed by atoms with Crippen molar-refractivity contribution in [1.29, 1.82) is 0 Å². The second-order valence-corrected chi connectivity index (χ2v) is 7.60. The van der Waals surface area contributed by atoms with E-state index in [1.807, 2.05) is 27.1 Å². The van der Waals surface area contributed by atoms with E-state index in [9.17, 15) is 19.5 Å². The quantitative estimate of drug-likeness (QED) is 0.540. The average Bonchev–Trinajstić information content (AvgIpc) is 2.92. The predicted molar refractivity (Wildman–Crippen MR) is 106 cm³/mol. The number of hydrogen-bond donors (Lipinski definition) is 3. The van der Waals surface area contributed by atoms with Crippen molar-refractivity contribution in [3.05, 3.63) is 35.6 Å². The molecule has 2 aliphatic rings. The Morgan fingerprint density at radius 3 is 2.46 bits per heavy atom. The predicted octanol–water partition coefficient (Wildman–Crippen LogP) is 1.19. The third-order valence-corrected chi connectivity index (χ3v) is 5.30. The van der Waals surface area contributed by atoms with Crippen molar-refractivity contribution in [3.8, 4) is 0 Å². The molecule has 1 heterocycles. The number of urea groups is 1. The minimum absolute atomic E-state index is 0.126. The van der Waals surface area contributed by atoms with Gasteiger partial charge in [0.25, 0.3) is 11.8 Å². The Morgan fingerprint density at radius 1 is 1.25 bits per heavy atom. The van der Waals surface area contributed by atoms with Crippen LogP contribution < -0.4 is 10.6 Å². The maximum Gasteiger partial charge on any atom is 0.314 e. The molecule has 2 unspecified atom stereocenters. The molecule has 0 radical (unpaired) electrons. The minimum atomic E-state index is -0.356. The van der Waals surface area contributed by atoms with Crippen molar-refractivity contribution in [2.24, 2.45) is 11.8 Å². The standard InChI is InChI=1S/C20H30N4O4/c1-13-9-16(25)10-14(2)17(13)11-15(23(3)4)12-22-20(28)21-7-8-24-18(26)5-6-19(24)27/h5-6,9-10,13,15,17,25H,7-8,11-12H2,1-4H3,(H2,21,22,28)/t13?,15-,17?/m0/s1. The number of aliphatic hydroxyl groups excluding tert-OH is 1. The fraction of sp³-hybridized carbons (Fsp3) is 0.550. The largest absolute Gasteiger partial charge is 0.508 e. The molecule has 0 bridgehead atoms. The summed E-state index contributed by atoms with van der Waals surface area (Å²) < 4.78 is 0. The summed E-state index contributed by atoms with van der Waals surface area (Å²) in [6.07, 6.45) is 6.96. The molecule has 0 aromatic carbocycles. The number of allylic oxidation sites excluding steroid dienone is 3. The van der Waals surface area contributed by atoms with Crippen LogP contribution in [0.3, 0.4) is 0 Å². The van der Waals surface area contributed by atoms with E-state index in [0.717, 1.165) is 16.9 Å². The van der Waals surface area contributed by atoms with Gasteiger partial charge in [-0.15, -0.1) is 0 Å². The first kappa shape index (κ1) is 21.7.